The number of piperazine rings is 1. The van der Waals surface area contributed by atoms with Gasteiger partial charge in [0, 0.05) is 32.6 Å². The first kappa shape index (κ1) is 20.0. The van der Waals surface area contributed by atoms with Crippen molar-refractivity contribution in [3.05, 3.63) is 40.4 Å². The second-order valence-electron chi connectivity index (χ2n) is 7.76. The van der Waals surface area contributed by atoms with Crippen molar-refractivity contribution in [1.29, 1.82) is 0 Å². The summed E-state index contributed by atoms with van der Waals surface area (Å²) in [5.41, 5.74) is 0.446. The summed E-state index contributed by atoms with van der Waals surface area (Å²) >= 11 is 0. The highest BCUT2D eigenvalue weighted by molar-refractivity contribution is 5.80. The fourth-order valence-electron chi connectivity index (χ4n) is 3.48. The Morgan fingerprint density at radius 1 is 1.04 bits per heavy atom. The van der Waals surface area contributed by atoms with E-state index in [0.717, 1.165) is 6.42 Å². The van der Waals surface area contributed by atoms with Gasteiger partial charge in [0.25, 0.3) is 5.56 Å². The number of amides is 2. The lowest BCUT2D eigenvalue weighted by molar-refractivity contribution is -0.140. The summed E-state index contributed by atoms with van der Waals surface area (Å²) in [6, 6.07) is 7.16. The number of para-hydroxylation sites is 1. The van der Waals surface area contributed by atoms with Crippen LogP contribution in [0.25, 0.3) is 10.9 Å². The predicted octanol–water partition coefficient (Wildman–Crippen LogP) is 1.81. The van der Waals surface area contributed by atoms with Gasteiger partial charge in [-0.1, -0.05) is 26.0 Å². The Morgan fingerprint density at radius 3 is 2.29 bits per heavy atom. The zero-order valence-electron chi connectivity index (χ0n) is 16.9. The number of nitrogens with zero attached hydrogens (tertiary/aromatic N) is 4. The van der Waals surface area contributed by atoms with Crippen LogP contribution in [-0.4, -0.2) is 57.3 Å². The van der Waals surface area contributed by atoms with E-state index in [1.807, 2.05) is 11.0 Å². The van der Waals surface area contributed by atoms with Gasteiger partial charge in [-0.15, -0.1) is 0 Å². The maximum atomic E-state index is 12.7. The van der Waals surface area contributed by atoms with Gasteiger partial charge in [0.2, 0.25) is 11.8 Å². The molecule has 1 aromatic heterocycles. The van der Waals surface area contributed by atoms with E-state index in [4.69, 9.17) is 0 Å². The van der Waals surface area contributed by atoms with Gasteiger partial charge in [-0.3, -0.25) is 19.0 Å². The van der Waals surface area contributed by atoms with Crippen molar-refractivity contribution < 1.29 is 9.59 Å². The molecule has 7 nitrogen and oxygen atoms in total. The number of fused-ring (bicyclic) bond motifs is 1. The topological polar surface area (TPSA) is 75.5 Å². The Morgan fingerprint density at radius 2 is 1.64 bits per heavy atom. The van der Waals surface area contributed by atoms with E-state index in [1.54, 1.807) is 30.0 Å². The summed E-state index contributed by atoms with van der Waals surface area (Å²) in [6.07, 6.45) is 1.44. The van der Waals surface area contributed by atoms with Gasteiger partial charge in [-0.05, 0) is 31.4 Å². The second-order valence-corrected chi connectivity index (χ2v) is 7.76. The van der Waals surface area contributed by atoms with Crippen molar-refractivity contribution in [3.63, 3.8) is 0 Å². The smallest absolute Gasteiger partial charge is 0.261 e. The highest BCUT2D eigenvalue weighted by Crippen LogP contribution is 2.11. The van der Waals surface area contributed by atoms with Crippen LogP contribution in [-0.2, 0) is 16.1 Å². The minimum absolute atomic E-state index is 0.0240. The molecule has 7 heteroatoms. The Hall–Kier alpha value is -2.70. The number of benzene rings is 1. The molecular formula is C21H28N4O3. The van der Waals surface area contributed by atoms with Gasteiger partial charge in [0.05, 0.1) is 10.9 Å². The minimum Gasteiger partial charge on any atom is -0.339 e. The van der Waals surface area contributed by atoms with Crippen molar-refractivity contribution in [2.45, 2.75) is 40.2 Å². The van der Waals surface area contributed by atoms with Gasteiger partial charge >= 0.3 is 0 Å². The molecule has 0 saturated carbocycles. The van der Waals surface area contributed by atoms with E-state index in [0.29, 0.717) is 55.2 Å². The molecule has 2 aromatic rings. The van der Waals surface area contributed by atoms with Gasteiger partial charge in [-0.2, -0.15) is 0 Å². The fraction of sp³-hybridized carbons (Fsp3) is 0.524. The maximum absolute atomic E-state index is 12.7. The highest BCUT2D eigenvalue weighted by Gasteiger charge is 2.24. The Bertz CT molecular complexity index is 927. The van der Waals surface area contributed by atoms with Crippen molar-refractivity contribution in [3.8, 4) is 0 Å². The third kappa shape index (κ3) is 4.40. The number of aryl methyl sites for hydroxylation is 1. The molecule has 0 N–H and O–H groups in total. The molecule has 2 heterocycles. The Balaban J connectivity index is 1.63. The molecule has 0 atom stereocenters. The maximum Gasteiger partial charge on any atom is 0.261 e. The molecule has 2 amide bonds. The van der Waals surface area contributed by atoms with E-state index in [-0.39, 0.29) is 23.9 Å². The van der Waals surface area contributed by atoms with Crippen LogP contribution in [0.15, 0.2) is 29.1 Å². The molecule has 1 aromatic carbocycles. The molecule has 1 aliphatic heterocycles. The van der Waals surface area contributed by atoms with Crippen LogP contribution in [0.3, 0.4) is 0 Å². The molecule has 28 heavy (non-hydrogen) atoms. The molecule has 3 rings (SSSR count). The minimum atomic E-state index is -0.195. The molecule has 1 fully saturated rings. The van der Waals surface area contributed by atoms with Crippen molar-refractivity contribution >= 4 is 22.7 Å². The van der Waals surface area contributed by atoms with Crippen LogP contribution in [0.1, 0.15) is 32.5 Å². The van der Waals surface area contributed by atoms with E-state index >= 15 is 0 Å². The molecule has 150 valence electrons. The van der Waals surface area contributed by atoms with Gasteiger partial charge in [0.1, 0.15) is 12.4 Å². The monoisotopic (exact) mass is 384 g/mol. The van der Waals surface area contributed by atoms with E-state index in [9.17, 15) is 14.4 Å². The molecule has 0 unspecified atom stereocenters. The first-order valence-electron chi connectivity index (χ1n) is 9.88. The average molecular weight is 384 g/mol. The lowest BCUT2D eigenvalue weighted by Gasteiger charge is -2.35. The normalized spacial score (nSPS) is 14.7. The summed E-state index contributed by atoms with van der Waals surface area (Å²) in [6.45, 7) is 8.03. The van der Waals surface area contributed by atoms with Crippen molar-refractivity contribution in [2.75, 3.05) is 26.2 Å². The summed E-state index contributed by atoms with van der Waals surface area (Å²) in [4.78, 5) is 45.7. The Labute approximate surface area is 165 Å². The lowest BCUT2D eigenvalue weighted by Crippen LogP contribution is -2.51. The third-order valence-electron chi connectivity index (χ3n) is 5.27. The predicted molar refractivity (Wildman–Crippen MR) is 108 cm³/mol. The standard InChI is InChI=1S/C21H28N4O3/c1-15(2)8-9-19(26)23-10-12-24(13-11-23)20(27)14-25-16(3)22-18-7-5-4-6-17(18)21(25)28/h4-7,15H,8-14H2,1-3H3. The van der Waals surface area contributed by atoms with Gasteiger partial charge in [-0.25, -0.2) is 4.98 Å². The van der Waals surface area contributed by atoms with E-state index in [2.05, 4.69) is 18.8 Å². The molecule has 0 aliphatic carbocycles. The van der Waals surface area contributed by atoms with Crippen LogP contribution in [0.5, 0.6) is 0 Å². The van der Waals surface area contributed by atoms with Crippen LogP contribution in [0, 0.1) is 12.8 Å². The molecule has 1 aliphatic rings. The average Bonchev–Trinajstić information content (AvgIpc) is 2.69. The SMILES string of the molecule is Cc1nc2ccccc2c(=O)n1CC(=O)N1CCN(C(=O)CCC(C)C)CC1. The van der Waals surface area contributed by atoms with Crippen molar-refractivity contribution in [2.24, 2.45) is 5.92 Å². The lowest BCUT2D eigenvalue weighted by atomic mass is 10.1. The van der Waals surface area contributed by atoms with Crippen LogP contribution >= 0.6 is 0 Å². The van der Waals surface area contributed by atoms with Crippen LogP contribution in [0.4, 0.5) is 0 Å². The summed E-state index contributed by atoms with van der Waals surface area (Å²) in [5.74, 6) is 1.08. The number of hydrogen-bond donors (Lipinski definition) is 0. The first-order valence-corrected chi connectivity index (χ1v) is 9.88. The number of carbonyl (C=O) groups is 2. The molecule has 1 saturated heterocycles. The molecule has 0 bridgehead atoms. The molecular weight excluding hydrogens is 356 g/mol. The second kappa shape index (κ2) is 8.54. The zero-order chi connectivity index (χ0) is 20.3. The zero-order valence-corrected chi connectivity index (χ0v) is 16.9. The van der Waals surface area contributed by atoms with Crippen LogP contribution < -0.4 is 5.56 Å². The number of hydrogen-bond acceptors (Lipinski definition) is 4. The van der Waals surface area contributed by atoms with Crippen LogP contribution in [0.2, 0.25) is 0 Å². The summed E-state index contributed by atoms with van der Waals surface area (Å²) in [7, 11) is 0. The van der Waals surface area contributed by atoms with Crippen molar-refractivity contribution in [1.82, 2.24) is 19.4 Å². The van der Waals surface area contributed by atoms with Gasteiger partial charge < -0.3 is 9.80 Å². The largest absolute Gasteiger partial charge is 0.339 e. The first-order chi connectivity index (χ1) is 13.4. The number of carbonyl (C=O) groups excluding carboxylic acids is 2. The van der Waals surface area contributed by atoms with E-state index in [1.165, 1.54) is 4.57 Å². The number of aromatic nitrogens is 2. The van der Waals surface area contributed by atoms with Gasteiger partial charge in [0.15, 0.2) is 0 Å². The quantitative estimate of drug-likeness (QED) is 0.788. The van der Waals surface area contributed by atoms with E-state index < -0.39 is 0 Å². The molecule has 0 spiro atoms. The summed E-state index contributed by atoms with van der Waals surface area (Å²) < 4.78 is 1.44. The third-order valence-corrected chi connectivity index (χ3v) is 5.27. The fourth-order valence-corrected chi connectivity index (χ4v) is 3.48. The Kier molecular flexibility index (Phi) is 6.11. The number of rotatable bonds is 5. The summed E-state index contributed by atoms with van der Waals surface area (Å²) in [5, 5.41) is 0.515. The highest BCUT2D eigenvalue weighted by atomic mass is 16.2. The molecule has 0 radical (unpaired) electrons.